The van der Waals surface area contributed by atoms with Crippen molar-refractivity contribution in [2.45, 2.75) is 0 Å². The molecule has 2 heterocycles. The van der Waals surface area contributed by atoms with Crippen molar-refractivity contribution in [1.29, 1.82) is 0 Å². The van der Waals surface area contributed by atoms with Crippen molar-refractivity contribution in [3.63, 3.8) is 0 Å². The number of furan rings is 1. The van der Waals surface area contributed by atoms with Crippen molar-refractivity contribution >= 4 is 65.3 Å². The molecule has 0 radical (unpaired) electrons. The van der Waals surface area contributed by atoms with E-state index < -0.39 is 0 Å². The van der Waals surface area contributed by atoms with E-state index in [2.05, 4.69) is 132 Å². The standard InChI is InChI=1S/C36H21NO/c1-2-10-22(11-3-1)23-18-29-25-12-4-5-13-26(25)30-20-24(21-34-36(30)35(29)33(19-23)38-34)37-31-16-8-6-14-27(31)28-15-7-9-17-32(28)37/h1-21H. The Kier molecular flexibility index (Phi) is 3.82. The van der Waals surface area contributed by atoms with E-state index in [9.17, 15) is 0 Å². The first-order valence-electron chi connectivity index (χ1n) is 13.0. The molecular formula is C36H21NO. The number of fused-ring (bicyclic) bond motifs is 6. The first kappa shape index (κ1) is 20.0. The van der Waals surface area contributed by atoms with Crippen LogP contribution in [-0.4, -0.2) is 4.57 Å². The van der Waals surface area contributed by atoms with Crippen molar-refractivity contribution in [3.05, 3.63) is 127 Å². The highest BCUT2D eigenvalue weighted by Gasteiger charge is 2.21. The summed E-state index contributed by atoms with van der Waals surface area (Å²) >= 11 is 0. The molecule has 0 spiro atoms. The van der Waals surface area contributed by atoms with Crippen LogP contribution in [0.15, 0.2) is 132 Å². The van der Waals surface area contributed by atoms with Gasteiger partial charge in [-0.1, -0.05) is 91.0 Å². The molecule has 0 aliphatic heterocycles. The molecule has 0 fully saturated rings. The number of rotatable bonds is 2. The maximum atomic E-state index is 6.70. The lowest BCUT2D eigenvalue weighted by molar-refractivity contribution is 0.669. The van der Waals surface area contributed by atoms with Gasteiger partial charge in [0.15, 0.2) is 0 Å². The van der Waals surface area contributed by atoms with E-state index >= 15 is 0 Å². The van der Waals surface area contributed by atoms with E-state index in [-0.39, 0.29) is 0 Å². The highest BCUT2D eigenvalue weighted by molar-refractivity contribution is 6.34. The molecule has 2 heteroatoms. The summed E-state index contributed by atoms with van der Waals surface area (Å²) in [6.45, 7) is 0. The number of hydrogen-bond donors (Lipinski definition) is 0. The van der Waals surface area contributed by atoms with Crippen LogP contribution in [0, 0.1) is 0 Å². The predicted molar refractivity (Wildman–Crippen MR) is 160 cm³/mol. The summed E-state index contributed by atoms with van der Waals surface area (Å²) in [5.41, 5.74) is 7.75. The van der Waals surface area contributed by atoms with Gasteiger partial charge < -0.3 is 8.98 Å². The molecule has 38 heavy (non-hydrogen) atoms. The summed E-state index contributed by atoms with van der Waals surface area (Å²) in [4.78, 5) is 0. The zero-order chi connectivity index (χ0) is 24.8. The normalized spacial score (nSPS) is 12.2. The summed E-state index contributed by atoms with van der Waals surface area (Å²) in [6.07, 6.45) is 0. The van der Waals surface area contributed by atoms with Gasteiger partial charge in [0, 0.05) is 27.6 Å². The number of benzene rings is 7. The molecular weight excluding hydrogens is 462 g/mol. The molecule has 9 rings (SSSR count). The van der Waals surface area contributed by atoms with Gasteiger partial charge in [-0.3, -0.25) is 0 Å². The average Bonchev–Trinajstić information content (AvgIpc) is 3.52. The van der Waals surface area contributed by atoms with E-state index in [4.69, 9.17) is 4.42 Å². The molecule has 0 atom stereocenters. The van der Waals surface area contributed by atoms with Gasteiger partial charge in [-0.2, -0.15) is 0 Å². The van der Waals surface area contributed by atoms with Crippen LogP contribution < -0.4 is 0 Å². The quantitative estimate of drug-likeness (QED) is 0.224. The average molecular weight is 484 g/mol. The Morgan fingerprint density at radius 3 is 1.58 bits per heavy atom. The maximum Gasteiger partial charge on any atom is 0.138 e. The Bertz CT molecular complexity index is 2280. The van der Waals surface area contributed by atoms with Gasteiger partial charge in [-0.15, -0.1) is 0 Å². The van der Waals surface area contributed by atoms with Crippen LogP contribution >= 0.6 is 0 Å². The molecule has 0 bridgehead atoms. The lowest BCUT2D eigenvalue weighted by atomic mass is 9.92. The summed E-state index contributed by atoms with van der Waals surface area (Å²) < 4.78 is 9.07. The highest BCUT2D eigenvalue weighted by Crippen LogP contribution is 2.45. The molecule has 176 valence electrons. The Morgan fingerprint density at radius 1 is 0.395 bits per heavy atom. The Labute approximate surface area is 218 Å². The molecule has 0 aliphatic carbocycles. The molecule has 0 amide bonds. The molecule has 0 N–H and O–H groups in total. The third-order valence-corrected chi connectivity index (χ3v) is 8.11. The van der Waals surface area contributed by atoms with Crippen LogP contribution in [0.5, 0.6) is 0 Å². The van der Waals surface area contributed by atoms with Crippen LogP contribution in [0.4, 0.5) is 0 Å². The fourth-order valence-electron chi connectivity index (χ4n) is 6.52. The summed E-state index contributed by atoms with van der Waals surface area (Å²) in [6, 6.07) is 45.8. The van der Waals surface area contributed by atoms with Crippen molar-refractivity contribution in [2.24, 2.45) is 0 Å². The Balaban J connectivity index is 1.46. The van der Waals surface area contributed by atoms with Crippen LogP contribution in [0.3, 0.4) is 0 Å². The van der Waals surface area contributed by atoms with Gasteiger partial charge in [0.2, 0.25) is 0 Å². The summed E-state index contributed by atoms with van der Waals surface area (Å²) in [5.74, 6) is 0. The van der Waals surface area contributed by atoms with Gasteiger partial charge in [0.1, 0.15) is 11.2 Å². The van der Waals surface area contributed by atoms with Crippen molar-refractivity contribution < 1.29 is 4.42 Å². The fraction of sp³-hybridized carbons (Fsp3) is 0. The third kappa shape index (κ3) is 2.56. The van der Waals surface area contributed by atoms with Crippen LogP contribution in [-0.2, 0) is 0 Å². The number of aromatic nitrogens is 1. The van der Waals surface area contributed by atoms with Crippen LogP contribution in [0.1, 0.15) is 0 Å². The zero-order valence-corrected chi connectivity index (χ0v) is 20.5. The zero-order valence-electron chi connectivity index (χ0n) is 20.5. The maximum absolute atomic E-state index is 6.70. The molecule has 0 saturated carbocycles. The Hall–Kier alpha value is -5.08. The Morgan fingerprint density at radius 2 is 0.921 bits per heavy atom. The second-order valence-electron chi connectivity index (χ2n) is 10.1. The third-order valence-electron chi connectivity index (χ3n) is 8.11. The van der Waals surface area contributed by atoms with Crippen molar-refractivity contribution in [2.75, 3.05) is 0 Å². The van der Waals surface area contributed by atoms with E-state index in [0.717, 1.165) is 16.9 Å². The second kappa shape index (κ2) is 7.24. The van der Waals surface area contributed by atoms with Crippen molar-refractivity contribution in [1.82, 2.24) is 4.57 Å². The largest absolute Gasteiger partial charge is 0.456 e. The van der Waals surface area contributed by atoms with Gasteiger partial charge >= 0.3 is 0 Å². The van der Waals surface area contributed by atoms with E-state index in [1.165, 1.54) is 65.3 Å². The number of hydrogen-bond acceptors (Lipinski definition) is 1. The molecule has 0 saturated heterocycles. The SMILES string of the molecule is c1ccc(-c2cc3oc4cc(-n5c6ccccc6c6ccccc65)cc5c6ccccc6c(c2)c3c45)cc1. The molecule has 9 aromatic rings. The first-order valence-corrected chi connectivity index (χ1v) is 13.0. The molecule has 2 aromatic heterocycles. The monoisotopic (exact) mass is 483 g/mol. The second-order valence-corrected chi connectivity index (χ2v) is 10.1. The minimum Gasteiger partial charge on any atom is -0.456 e. The minimum atomic E-state index is 0.926. The minimum absolute atomic E-state index is 0.926. The smallest absolute Gasteiger partial charge is 0.138 e. The van der Waals surface area contributed by atoms with Gasteiger partial charge in [-0.05, 0) is 63.0 Å². The lowest BCUT2D eigenvalue weighted by Crippen LogP contribution is -1.94. The molecule has 0 aliphatic rings. The molecule has 7 aromatic carbocycles. The molecule has 2 nitrogen and oxygen atoms in total. The van der Waals surface area contributed by atoms with Gasteiger partial charge in [0.25, 0.3) is 0 Å². The number of nitrogens with zero attached hydrogens (tertiary/aromatic N) is 1. The summed E-state index contributed by atoms with van der Waals surface area (Å²) in [5, 5.41) is 9.92. The topological polar surface area (TPSA) is 18.1 Å². The predicted octanol–water partition coefficient (Wildman–Crippen LogP) is 10.1. The number of para-hydroxylation sites is 2. The lowest BCUT2D eigenvalue weighted by Gasteiger charge is -2.13. The molecule has 0 unspecified atom stereocenters. The van der Waals surface area contributed by atoms with Crippen LogP contribution in [0.25, 0.3) is 82.1 Å². The van der Waals surface area contributed by atoms with E-state index in [1.807, 2.05) is 0 Å². The first-order chi connectivity index (χ1) is 18.8. The fourth-order valence-corrected chi connectivity index (χ4v) is 6.52. The van der Waals surface area contributed by atoms with Gasteiger partial charge in [0.05, 0.1) is 16.7 Å². The summed E-state index contributed by atoms with van der Waals surface area (Å²) in [7, 11) is 0. The van der Waals surface area contributed by atoms with Gasteiger partial charge in [-0.25, -0.2) is 0 Å². The van der Waals surface area contributed by atoms with E-state index in [1.54, 1.807) is 0 Å². The van der Waals surface area contributed by atoms with Crippen molar-refractivity contribution in [3.8, 4) is 16.8 Å². The highest BCUT2D eigenvalue weighted by atomic mass is 16.3. The van der Waals surface area contributed by atoms with E-state index in [0.29, 0.717) is 0 Å². The van der Waals surface area contributed by atoms with Crippen LogP contribution in [0.2, 0.25) is 0 Å².